The summed E-state index contributed by atoms with van der Waals surface area (Å²) in [6.07, 6.45) is 1.03. The van der Waals surface area contributed by atoms with Crippen molar-refractivity contribution in [3.63, 3.8) is 0 Å². The van der Waals surface area contributed by atoms with E-state index in [-0.39, 0.29) is 0 Å². The average Bonchev–Trinajstić information content (AvgIpc) is 1.84. The molecule has 1 atom stereocenters. The molecule has 0 aromatic heterocycles. The largest absolute Gasteiger partial charge is 0.292 e. The van der Waals surface area contributed by atoms with E-state index in [0.29, 0.717) is 0 Å². The van der Waals surface area contributed by atoms with E-state index in [0.717, 1.165) is 6.08 Å². The van der Waals surface area contributed by atoms with Gasteiger partial charge in [-0.1, -0.05) is 18.2 Å². The van der Waals surface area contributed by atoms with Gasteiger partial charge in [-0.3, -0.25) is 4.79 Å². The number of allylic oxidation sites excluding steroid dienone is 1. The topological polar surface area (TPSA) is 40.9 Å². The fourth-order valence-electron chi connectivity index (χ4n) is 0.167. The van der Waals surface area contributed by atoms with E-state index in [9.17, 15) is 4.79 Å². The van der Waals surface area contributed by atoms with Crippen LogP contribution in [0.3, 0.4) is 0 Å². The molecule has 8 heavy (non-hydrogen) atoms. The zero-order valence-electron chi connectivity index (χ0n) is 4.10. The summed E-state index contributed by atoms with van der Waals surface area (Å²) >= 11 is 5.13. The monoisotopic (exact) mass is 129 g/mol. The number of nitriles is 1. The minimum Gasteiger partial charge on any atom is -0.292 e. The van der Waals surface area contributed by atoms with Crippen LogP contribution in [0.4, 0.5) is 0 Å². The first kappa shape index (κ1) is 7.19. The van der Waals surface area contributed by atoms with Crippen molar-refractivity contribution in [2.75, 3.05) is 0 Å². The molecule has 0 N–H and O–H groups in total. The van der Waals surface area contributed by atoms with Gasteiger partial charge in [-0.15, -0.1) is 0 Å². The Bertz CT molecular complexity index is 147. The lowest BCUT2D eigenvalue weighted by molar-refractivity contribution is -0.113. The highest BCUT2D eigenvalue weighted by atomic mass is 35.5. The zero-order valence-corrected chi connectivity index (χ0v) is 4.85. The van der Waals surface area contributed by atoms with Crippen LogP contribution in [0.25, 0.3) is 0 Å². The van der Waals surface area contributed by atoms with Crippen LogP contribution in [0.1, 0.15) is 0 Å². The Morgan fingerprint density at radius 1 is 2.00 bits per heavy atom. The number of rotatable bonds is 2. The molecular formula is C5H4ClNO. The van der Waals surface area contributed by atoms with Crippen molar-refractivity contribution in [3.8, 4) is 6.07 Å². The van der Waals surface area contributed by atoms with Gasteiger partial charge < -0.3 is 0 Å². The Morgan fingerprint density at radius 3 is 2.62 bits per heavy atom. The van der Waals surface area contributed by atoms with Crippen LogP contribution < -0.4 is 0 Å². The molecule has 0 saturated carbocycles. The quantitative estimate of drug-likeness (QED) is 0.410. The summed E-state index contributed by atoms with van der Waals surface area (Å²) in [5.74, 6) is -0.450. The van der Waals surface area contributed by atoms with Crippen molar-refractivity contribution in [1.82, 2.24) is 0 Å². The molecule has 0 aromatic rings. The van der Waals surface area contributed by atoms with Crippen molar-refractivity contribution in [2.24, 2.45) is 0 Å². The normalized spacial score (nSPS) is 11.5. The SMILES string of the molecule is C=CC(=O)C(Cl)C#N. The van der Waals surface area contributed by atoms with Gasteiger partial charge in [-0.25, -0.2) is 0 Å². The Morgan fingerprint density at radius 2 is 2.50 bits per heavy atom. The molecule has 0 amide bonds. The van der Waals surface area contributed by atoms with E-state index >= 15 is 0 Å². The predicted molar refractivity (Wildman–Crippen MR) is 30.5 cm³/mol. The first-order valence-corrected chi connectivity index (χ1v) is 2.36. The summed E-state index contributed by atoms with van der Waals surface area (Å²) in [6, 6.07) is 1.56. The molecule has 0 radical (unpaired) electrons. The molecule has 1 unspecified atom stereocenters. The van der Waals surface area contributed by atoms with Gasteiger partial charge in [0, 0.05) is 0 Å². The second kappa shape index (κ2) is 3.23. The number of ketones is 1. The molecule has 0 aromatic carbocycles. The van der Waals surface area contributed by atoms with Crippen LogP contribution in [0.2, 0.25) is 0 Å². The van der Waals surface area contributed by atoms with Gasteiger partial charge in [0.2, 0.25) is 0 Å². The number of nitrogens with zero attached hydrogens (tertiary/aromatic N) is 1. The third-order valence-electron chi connectivity index (χ3n) is 0.564. The third-order valence-corrected chi connectivity index (χ3v) is 0.877. The fourth-order valence-corrected chi connectivity index (χ4v) is 0.256. The molecule has 0 aliphatic rings. The van der Waals surface area contributed by atoms with Gasteiger partial charge in [0.25, 0.3) is 0 Å². The maximum absolute atomic E-state index is 10.3. The van der Waals surface area contributed by atoms with Crippen molar-refractivity contribution in [1.29, 1.82) is 5.26 Å². The molecule has 0 aliphatic heterocycles. The van der Waals surface area contributed by atoms with Gasteiger partial charge >= 0.3 is 0 Å². The first-order valence-electron chi connectivity index (χ1n) is 1.92. The van der Waals surface area contributed by atoms with E-state index in [4.69, 9.17) is 16.9 Å². The third kappa shape index (κ3) is 1.76. The van der Waals surface area contributed by atoms with Crippen LogP contribution in [-0.4, -0.2) is 11.2 Å². The molecule has 0 heterocycles. The predicted octanol–water partition coefficient (Wildman–Crippen LogP) is 0.872. The van der Waals surface area contributed by atoms with Gasteiger partial charge in [-0.2, -0.15) is 5.26 Å². The number of alkyl halides is 1. The van der Waals surface area contributed by atoms with Crippen LogP contribution in [-0.2, 0) is 4.79 Å². The Labute approximate surface area is 52.4 Å². The molecule has 42 valence electrons. The summed E-state index contributed by atoms with van der Waals surface area (Å²) in [6.45, 7) is 3.14. The molecular weight excluding hydrogens is 126 g/mol. The number of hydrogen-bond donors (Lipinski definition) is 0. The van der Waals surface area contributed by atoms with Crippen molar-refractivity contribution in [3.05, 3.63) is 12.7 Å². The van der Waals surface area contributed by atoms with Crippen LogP contribution in [0, 0.1) is 11.3 Å². The second-order valence-corrected chi connectivity index (χ2v) is 1.53. The number of carbonyl (C=O) groups is 1. The highest BCUT2D eigenvalue weighted by molar-refractivity contribution is 6.34. The second-order valence-electron chi connectivity index (χ2n) is 1.10. The number of hydrogen-bond acceptors (Lipinski definition) is 2. The van der Waals surface area contributed by atoms with Crippen LogP contribution >= 0.6 is 11.6 Å². The van der Waals surface area contributed by atoms with Gasteiger partial charge in [0.05, 0.1) is 6.07 Å². The standard InChI is InChI=1S/C5H4ClNO/c1-2-5(8)4(6)3-7/h2,4H,1H2. The summed E-state index contributed by atoms with van der Waals surface area (Å²) < 4.78 is 0. The van der Waals surface area contributed by atoms with E-state index in [1.54, 1.807) is 6.07 Å². The Balaban J connectivity index is 3.86. The highest BCUT2D eigenvalue weighted by Gasteiger charge is 2.07. The molecule has 2 nitrogen and oxygen atoms in total. The highest BCUT2D eigenvalue weighted by Crippen LogP contribution is 1.94. The molecule has 0 rings (SSSR count). The van der Waals surface area contributed by atoms with E-state index in [1.807, 2.05) is 0 Å². The Kier molecular flexibility index (Phi) is 2.90. The number of halogens is 1. The fraction of sp³-hybridized carbons (Fsp3) is 0.200. The van der Waals surface area contributed by atoms with Gasteiger partial charge in [0.15, 0.2) is 11.2 Å². The summed E-state index contributed by atoms with van der Waals surface area (Å²) in [4.78, 5) is 10.3. The zero-order chi connectivity index (χ0) is 6.57. The average molecular weight is 130 g/mol. The minimum absolute atomic E-state index is 0.450. The maximum Gasteiger partial charge on any atom is 0.187 e. The van der Waals surface area contributed by atoms with Crippen molar-refractivity contribution in [2.45, 2.75) is 5.38 Å². The summed E-state index contributed by atoms with van der Waals surface area (Å²) in [5.41, 5.74) is 0. The molecule has 0 aliphatic carbocycles. The smallest absolute Gasteiger partial charge is 0.187 e. The lowest BCUT2D eigenvalue weighted by Gasteiger charge is -1.87. The molecule has 0 bridgehead atoms. The van der Waals surface area contributed by atoms with E-state index in [2.05, 4.69) is 6.58 Å². The van der Waals surface area contributed by atoms with Crippen LogP contribution in [0.15, 0.2) is 12.7 Å². The Hall–Kier alpha value is -0.810. The van der Waals surface area contributed by atoms with Crippen LogP contribution in [0.5, 0.6) is 0 Å². The number of carbonyl (C=O) groups excluding carboxylic acids is 1. The first-order chi connectivity index (χ1) is 3.72. The van der Waals surface area contributed by atoms with Crippen molar-refractivity contribution >= 4 is 17.4 Å². The van der Waals surface area contributed by atoms with Crippen molar-refractivity contribution < 1.29 is 4.79 Å². The lowest BCUT2D eigenvalue weighted by atomic mass is 10.3. The minimum atomic E-state index is -1.06. The molecule has 0 fully saturated rings. The summed E-state index contributed by atoms with van der Waals surface area (Å²) in [5, 5.41) is 6.92. The lowest BCUT2D eigenvalue weighted by Crippen LogP contribution is -2.07. The van der Waals surface area contributed by atoms with Gasteiger partial charge in [-0.05, 0) is 6.08 Å². The van der Waals surface area contributed by atoms with Gasteiger partial charge in [0.1, 0.15) is 0 Å². The molecule has 3 heteroatoms. The van der Waals surface area contributed by atoms with E-state index < -0.39 is 11.2 Å². The summed E-state index contributed by atoms with van der Waals surface area (Å²) in [7, 11) is 0. The molecule has 0 spiro atoms. The van der Waals surface area contributed by atoms with E-state index in [1.165, 1.54) is 0 Å². The molecule has 0 saturated heterocycles. The maximum atomic E-state index is 10.3.